The summed E-state index contributed by atoms with van der Waals surface area (Å²) < 4.78 is 0. The summed E-state index contributed by atoms with van der Waals surface area (Å²) >= 11 is 0. The molecule has 0 radical (unpaired) electrons. The first-order valence-electron chi connectivity index (χ1n) is 7.29. The molecule has 0 aliphatic carbocycles. The minimum Gasteiger partial charge on any atom is -0.369 e. The van der Waals surface area contributed by atoms with Crippen LogP contribution in [0.5, 0.6) is 0 Å². The zero-order valence-electron chi connectivity index (χ0n) is 12.4. The average Bonchev–Trinajstić information content (AvgIpc) is 2.61. The van der Waals surface area contributed by atoms with Crippen LogP contribution in [0.25, 0.3) is 11.2 Å². The van der Waals surface area contributed by atoms with Crippen LogP contribution in [0, 0.1) is 0 Å². The maximum atomic E-state index is 11.8. The van der Waals surface area contributed by atoms with E-state index in [-0.39, 0.29) is 5.91 Å². The molecular formula is C16H16N6O. The molecule has 3 heterocycles. The van der Waals surface area contributed by atoms with Gasteiger partial charge in [0.25, 0.3) is 0 Å². The Hall–Kier alpha value is -3.09. The van der Waals surface area contributed by atoms with Gasteiger partial charge in [0.05, 0.1) is 12.2 Å². The molecule has 0 saturated carbocycles. The van der Waals surface area contributed by atoms with E-state index in [1.54, 1.807) is 18.6 Å². The summed E-state index contributed by atoms with van der Waals surface area (Å²) in [5.41, 5.74) is 2.16. The number of hydrogen-bond acceptors (Lipinski definition) is 6. The molecule has 0 aliphatic heterocycles. The summed E-state index contributed by atoms with van der Waals surface area (Å²) in [6.07, 6.45) is 5.29. The SMILES string of the molecule is O=C(CCNc1ccc2nccnc2n1)NCc1ccccn1. The van der Waals surface area contributed by atoms with Gasteiger partial charge in [-0.05, 0) is 24.3 Å². The molecule has 7 nitrogen and oxygen atoms in total. The third-order valence-electron chi connectivity index (χ3n) is 3.18. The molecule has 0 aromatic carbocycles. The second-order valence-corrected chi connectivity index (χ2v) is 4.87. The van der Waals surface area contributed by atoms with Crippen molar-refractivity contribution in [3.05, 3.63) is 54.6 Å². The Kier molecular flexibility index (Phi) is 4.68. The summed E-state index contributed by atoms with van der Waals surface area (Å²) in [7, 11) is 0. The lowest BCUT2D eigenvalue weighted by atomic mass is 10.3. The number of fused-ring (bicyclic) bond motifs is 1. The molecule has 7 heteroatoms. The first-order chi connectivity index (χ1) is 11.3. The van der Waals surface area contributed by atoms with Gasteiger partial charge in [-0.25, -0.2) is 9.97 Å². The highest BCUT2D eigenvalue weighted by Crippen LogP contribution is 2.09. The van der Waals surface area contributed by atoms with E-state index in [1.807, 2.05) is 30.3 Å². The largest absolute Gasteiger partial charge is 0.369 e. The van der Waals surface area contributed by atoms with E-state index < -0.39 is 0 Å². The monoisotopic (exact) mass is 308 g/mol. The number of carbonyl (C=O) groups excluding carboxylic acids is 1. The Labute approximate surface area is 133 Å². The van der Waals surface area contributed by atoms with Gasteiger partial charge in [-0.3, -0.25) is 14.8 Å². The average molecular weight is 308 g/mol. The number of hydrogen-bond donors (Lipinski definition) is 2. The van der Waals surface area contributed by atoms with Crippen molar-refractivity contribution in [2.75, 3.05) is 11.9 Å². The second-order valence-electron chi connectivity index (χ2n) is 4.87. The van der Waals surface area contributed by atoms with E-state index in [9.17, 15) is 4.79 Å². The molecule has 3 aromatic rings. The predicted molar refractivity (Wildman–Crippen MR) is 86.5 cm³/mol. The van der Waals surface area contributed by atoms with E-state index in [2.05, 4.69) is 30.6 Å². The van der Waals surface area contributed by atoms with Crippen LogP contribution in [0.1, 0.15) is 12.1 Å². The molecule has 0 aliphatic rings. The molecule has 2 N–H and O–H groups in total. The van der Waals surface area contributed by atoms with Crippen LogP contribution in [0.3, 0.4) is 0 Å². The van der Waals surface area contributed by atoms with Crippen molar-refractivity contribution >= 4 is 22.9 Å². The Balaban J connectivity index is 1.45. The van der Waals surface area contributed by atoms with Crippen molar-refractivity contribution in [3.8, 4) is 0 Å². The van der Waals surface area contributed by atoms with Gasteiger partial charge in [0.15, 0.2) is 5.65 Å². The number of amides is 1. The molecule has 0 bridgehead atoms. The Morgan fingerprint density at radius 2 is 1.91 bits per heavy atom. The van der Waals surface area contributed by atoms with Crippen LogP contribution in [0.4, 0.5) is 5.82 Å². The van der Waals surface area contributed by atoms with Crippen LogP contribution in [0.2, 0.25) is 0 Å². The number of carbonyl (C=O) groups is 1. The van der Waals surface area contributed by atoms with E-state index in [1.165, 1.54) is 0 Å². The van der Waals surface area contributed by atoms with Crippen molar-refractivity contribution < 1.29 is 4.79 Å². The molecule has 0 atom stereocenters. The third-order valence-corrected chi connectivity index (χ3v) is 3.18. The minimum absolute atomic E-state index is 0.0382. The molecule has 0 spiro atoms. The molecule has 0 fully saturated rings. The third kappa shape index (κ3) is 4.19. The highest BCUT2D eigenvalue weighted by atomic mass is 16.1. The molecule has 23 heavy (non-hydrogen) atoms. The number of nitrogens with zero attached hydrogens (tertiary/aromatic N) is 4. The number of rotatable bonds is 6. The number of nitrogens with one attached hydrogen (secondary N) is 2. The number of pyridine rings is 2. The molecule has 116 valence electrons. The zero-order valence-corrected chi connectivity index (χ0v) is 12.4. The van der Waals surface area contributed by atoms with E-state index in [0.29, 0.717) is 31.0 Å². The predicted octanol–water partition coefficient (Wildman–Crippen LogP) is 1.54. The van der Waals surface area contributed by atoms with E-state index in [4.69, 9.17) is 0 Å². The Bertz CT molecular complexity index is 793. The molecule has 1 amide bonds. The lowest BCUT2D eigenvalue weighted by Crippen LogP contribution is -2.25. The van der Waals surface area contributed by atoms with Gasteiger partial charge >= 0.3 is 0 Å². The standard InChI is InChI=1S/C16H16N6O/c23-15(21-11-12-3-1-2-7-17-12)6-8-19-14-5-4-13-16(22-14)20-10-9-18-13/h1-5,7,9-10H,6,8,11H2,(H,21,23)(H,19,20,22). The van der Waals surface area contributed by atoms with Crippen LogP contribution in [-0.2, 0) is 11.3 Å². The number of aromatic nitrogens is 4. The topological polar surface area (TPSA) is 92.7 Å². The van der Waals surface area contributed by atoms with Crippen LogP contribution >= 0.6 is 0 Å². The van der Waals surface area contributed by atoms with Crippen LogP contribution in [0.15, 0.2) is 48.9 Å². The fourth-order valence-corrected chi connectivity index (χ4v) is 2.04. The summed E-state index contributed by atoms with van der Waals surface area (Å²) in [6, 6.07) is 9.28. The van der Waals surface area contributed by atoms with Crippen LogP contribution in [-0.4, -0.2) is 32.4 Å². The molecule has 3 aromatic heterocycles. The van der Waals surface area contributed by atoms with Crippen molar-refractivity contribution in [2.45, 2.75) is 13.0 Å². The fourth-order valence-electron chi connectivity index (χ4n) is 2.04. The van der Waals surface area contributed by atoms with Crippen molar-refractivity contribution in [3.63, 3.8) is 0 Å². The Morgan fingerprint density at radius 3 is 2.78 bits per heavy atom. The van der Waals surface area contributed by atoms with Gasteiger partial charge in [-0.2, -0.15) is 0 Å². The fraction of sp³-hybridized carbons (Fsp3) is 0.188. The Morgan fingerprint density at radius 1 is 1.00 bits per heavy atom. The second kappa shape index (κ2) is 7.26. The summed E-state index contributed by atoms with van der Waals surface area (Å²) in [4.78, 5) is 28.6. The molecule has 0 saturated heterocycles. The first kappa shape index (κ1) is 14.8. The molecular weight excluding hydrogens is 292 g/mol. The summed E-state index contributed by atoms with van der Waals surface area (Å²) in [6.45, 7) is 0.927. The van der Waals surface area contributed by atoms with Gasteiger partial charge < -0.3 is 10.6 Å². The maximum Gasteiger partial charge on any atom is 0.222 e. The molecule has 3 rings (SSSR count). The number of anilines is 1. The van der Waals surface area contributed by atoms with Crippen LogP contribution < -0.4 is 10.6 Å². The zero-order chi connectivity index (χ0) is 15.9. The van der Waals surface area contributed by atoms with Gasteiger partial charge in [-0.15, -0.1) is 0 Å². The lowest BCUT2D eigenvalue weighted by molar-refractivity contribution is -0.121. The van der Waals surface area contributed by atoms with Gasteiger partial charge in [0.1, 0.15) is 11.3 Å². The van der Waals surface area contributed by atoms with Gasteiger partial charge in [0, 0.05) is 31.6 Å². The maximum absolute atomic E-state index is 11.8. The highest BCUT2D eigenvalue weighted by Gasteiger charge is 2.03. The lowest BCUT2D eigenvalue weighted by Gasteiger charge is -2.07. The van der Waals surface area contributed by atoms with Gasteiger partial charge in [0.2, 0.25) is 5.91 Å². The van der Waals surface area contributed by atoms with E-state index in [0.717, 1.165) is 11.2 Å². The van der Waals surface area contributed by atoms with E-state index >= 15 is 0 Å². The molecule has 0 unspecified atom stereocenters. The quantitative estimate of drug-likeness (QED) is 0.717. The van der Waals surface area contributed by atoms with Gasteiger partial charge in [-0.1, -0.05) is 6.07 Å². The minimum atomic E-state index is -0.0382. The normalized spacial score (nSPS) is 10.4. The smallest absolute Gasteiger partial charge is 0.222 e. The summed E-state index contributed by atoms with van der Waals surface area (Å²) in [5.74, 6) is 0.638. The first-order valence-corrected chi connectivity index (χ1v) is 7.29. The van der Waals surface area contributed by atoms with Crippen molar-refractivity contribution in [2.24, 2.45) is 0 Å². The highest BCUT2D eigenvalue weighted by molar-refractivity contribution is 5.76. The summed E-state index contributed by atoms with van der Waals surface area (Å²) in [5, 5.41) is 5.94. The van der Waals surface area contributed by atoms with Crippen molar-refractivity contribution in [1.29, 1.82) is 0 Å². The van der Waals surface area contributed by atoms with Crippen molar-refractivity contribution in [1.82, 2.24) is 25.3 Å².